The van der Waals surface area contributed by atoms with Crippen molar-refractivity contribution in [3.8, 4) is 0 Å². The highest BCUT2D eigenvalue weighted by molar-refractivity contribution is 5.77. The van der Waals surface area contributed by atoms with E-state index in [4.69, 9.17) is 9.84 Å². The Morgan fingerprint density at radius 2 is 2.00 bits per heavy atom. The number of carboxylic acid groups (broad SMARTS) is 1. The van der Waals surface area contributed by atoms with Gasteiger partial charge in [0.25, 0.3) is 0 Å². The molecule has 1 aliphatic carbocycles. The number of piperidine rings is 1. The van der Waals surface area contributed by atoms with Crippen LogP contribution in [-0.4, -0.2) is 53.7 Å². The number of carbonyl (C=O) groups excluding carboxylic acids is 2. The van der Waals surface area contributed by atoms with E-state index >= 15 is 0 Å². The van der Waals surface area contributed by atoms with Crippen molar-refractivity contribution in [2.45, 2.75) is 45.1 Å². The van der Waals surface area contributed by atoms with Gasteiger partial charge in [-0.1, -0.05) is 0 Å². The van der Waals surface area contributed by atoms with Gasteiger partial charge in [-0.25, -0.2) is 4.79 Å². The van der Waals surface area contributed by atoms with Gasteiger partial charge in [0.05, 0.1) is 18.4 Å². The summed E-state index contributed by atoms with van der Waals surface area (Å²) < 4.78 is 5.01. The van der Waals surface area contributed by atoms with Crippen LogP contribution in [0.2, 0.25) is 0 Å². The minimum absolute atomic E-state index is 0.0351. The molecule has 22 heavy (non-hydrogen) atoms. The molecule has 0 aromatic heterocycles. The van der Waals surface area contributed by atoms with Crippen LogP contribution in [0.4, 0.5) is 4.79 Å². The van der Waals surface area contributed by atoms with E-state index in [1.54, 1.807) is 11.8 Å². The highest BCUT2D eigenvalue weighted by Crippen LogP contribution is 2.27. The summed E-state index contributed by atoms with van der Waals surface area (Å²) >= 11 is 0. The zero-order valence-corrected chi connectivity index (χ0v) is 12.9. The fraction of sp³-hybridized carbons (Fsp3) is 0.800. The molecule has 1 aliphatic heterocycles. The summed E-state index contributed by atoms with van der Waals surface area (Å²) in [7, 11) is 0. The number of carboxylic acids is 1. The van der Waals surface area contributed by atoms with Crippen LogP contribution < -0.4 is 5.32 Å². The predicted octanol–water partition coefficient (Wildman–Crippen LogP) is 1.22. The first-order valence-corrected chi connectivity index (χ1v) is 7.96. The SMILES string of the molecule is CCOC(=O)[C@@H]1CC[C@H](NC(=O)N2CCCC(C(=O)O)C2)C1. The molecule has 124 valence electrons. The predicted molar refractivity (Wildman–Crippen MR) is 78.2 cm³/mol. The highest BCUT2D eigenvalue weighted by Gasteiger charge is 2.34. The third-order valence-electron chi connectivity index (χ3n) is 4.44. The summed E-state index contributed by atoms with van der Waals surface area (Å²) in [5.41, 5.74) is 0. The van der Waals surface area contributed by atoms with Gasteiger partial charge in [0.15, 0.2) is 0 Å². The molecule has 2 aliphatic rings. The Bertz CT molecular complexity index is 440. The lowest BCUT2D eigenvalue weighted by Crippen LogP contribution is -2.49. The standard InChI is InChI=1S/C15H24N2O5/c1-2-22-14(20)10-5-6-12(8-10)16-15(21)17-7-3-4-11(9-17)13(18)19/h10-12H,2-9H2,1H3,(H,16,21)(H,18,19)/t10-,11?,12+/m1/s1. The molecule has 0 aromatic carbocycles. The maximum absolute atomic E-state index is 12.2. The minimum atomic E-state index is -0.847. The van der Waals surface area contributed by atoms with Gasteiger partial charge in [-0.3, -0.25) is 9.59 Å². The number of hydrogen-bond acceptors (Lipinski definition) is 4. The molecule has 1 saturated heterocycles. The maximum atomic E-state index is 12.2. The molecule has 2 fully saturated rings. The summed E-state index contributed by atoms with van der Waals surface area (Å²) in [6.45, 7) is 3.00. The van der Waals surface area contributed by atoms with Crippen LogP contribution in [0.25, 0.3) is 0 Å². The van der Waals surface area contributed by atoms with Crippen molar-refractivity contribution in [2.75, 3.05) is 19.7 Å². The van der Waals surface area contributed by atoms with Crippen molar-refractivity contribution in [2.24, 2.45) is 11.8 Å². The van der Waals surface area contributed by atoms with E-state index in [2.05, 4.69) is 5.32 Å². The van der Waals surface area contributed by atoms with Crippen molar-refractivity contribution < 1.29 is 24.2 Å². The van der Waals surface area contributed by atoms with Crippen molar-refractivity contribution in [1.29, 1.82) is 0 Å². The molecule has 1 unspecified atom stereocenters. The first-order chi connectivity index (χ1) is 10.5. The second-order valence-electron chi connectivity index (χ2n) is 6.03. The van der Waals surface area contributed by atoms with Crippen molar-refractivity contribution in [3.63, 3.8) is 0 Å². The van der Waals surface area contributed by atoms with Crippen LogP contribution in [0.15, 0.2) is 0 Å². The zero-order chi connectivity index (χ0) is 16.1. The first kappa shape index (κ1) is 16.6. The molecule has 1 heterocycles. The molecule has 2 N–H and O–H groups in total. The van der Waals surface area contributed by atoms with E-state index < -0.39 is 11.9 Å². The van der Waals surface area contributed by atoms with Gasteiger partial charge in [-0.05, 0) is 39.0 Å². The summed E-state index contributed by atoms with van der Waals surface area (Å²) in [6.07, 6.45) is 3.40. The van der Waals surface area contributed by atoms with Crippen LogP contribution in [0.1, 0.15) is 39.0 Å². The van der Waals surface area contributed by atoms with Crippen molar-refractivity contribution in [1.82, 2.24) is 10.2 Å². The average molecular weight is 312 g/mol. The Morgan fingerprint density at radius 1 is 1.23 bits per heavy atom. The molecule has 0 aromatic rings. The monoisotopic (exact) mass is 312 g/mol. The Labute approximate surface area is 130 Å². The van der Waals surface area contributed by atoms with Crippen LogP contribution in [-0.2, 0) is 14.3 Å². The number of urea groups is 1. The summed E-state index contributed by atoms with van der Waals surface area (Å²) in [4.78, 5) is 36.5. The number of ether oxygens (including phenoxy) is 1. The van der Waals surface area contributed by atoms with Gasteiger partial charge < -0.3 is 20.1 Å². The van der Waals surface area contributed by atoms with E-state index in [1.807, 2.05) is 0 Å². The molecule has 2 amide bonds. The number of likely N-dealkylation sites (tertiary alicyclic amines) is 1. The Balaban J connectivity index is 1.80. The third-order valence-corrected chi connectivity index (χ3v) is 4.44. The van der Waals surface area contributed by atoms with E-state index in [1.165, 1.54) is 0 Å². The molecule has 2 rings (SSSR count). The van der Waals surface area contributed by atoms with Crippen LogP contribution in [0.5, 0.6) is 0 Å². The quantitative estimate of drug-likeness (QED) is 0.761. The zero-order valence-electron chi connectivity index (χ0n) is 12.9. The van der Waals surface area contributed by atoms with Gasteiger partial charge in [-0.2, -0.15) is 0 Å². The lowest BCUT2D eigenvalue weighted by molar-refractivity contribution is -0.148. The van der Waals surface area contributed by atoms with Crippen molar-refractivity contribution >= 4 is 18.0 Å². The Kier molecular flexibility index (Phi) is 5.63. The molecule has 1 saturated carbocycles. The Morgan fingerprint density at radius 3 is 2.68 bits per heavy atom. The van der Waals surface area contributed by atoms with Gasteiger partial charge in [0.2, 0.25) is 0 Å². The van der Waals surface area contributed by atoms with E-state index in [0.29, 0.717) is 32.4 Å². The number of amides is 2. The first-order valence-electron chi connectivity index (χ1n) is 7.96. The fourth-order valence-corrected chi connectivity index (χ4v) is 3.22. The normalized spacial score (nSPS) is 28.2. The highest BCUT2D eigenvalue weighted by atomic mass is 16.5. The van der Waals surface area contributed by atoms with Gasteiger partial charge in [-0.15, -0.1) is 0 Å². The smallest absolute Gasteiger partial charge is 0.317 e. The number of nitrogens with zero attached hydrogens (tertiary/aromatic N) is 1. The van der Waals surface area contributed by atoms with Crippen LogP contribution in [0, 0.1) is 11.8 Å². The molecule has 0 radical (unpaired) electrons. The van der Waals surface area contributed by atoms with Crippen LogP contribution in [0.3, 0.4) is 0 Å². The van der Waals surface area contributed by atoms with Gasteiger partial charge >= 0.3 is 18.0 Å². The van der Waals surface area contributed by atoms with E-state index in [9.17, 15) is 14.4 Å². The molecule has 0 bridgehead atoms. The number of hydrogen-bond donors (Lipinski definition) is 2. The summed E-state index contributed by atoms with van der Waals surface area (Å²) in [5, 5.41) is 12.0. The van der Waals surface area contributed by atoms with Crippen molar-refractivity contribution in [3.05, 3.63) is 0 Å². The number of rotatable bonds is 4. The van der Waals surface area contributed by atoms with E-state index in [0.717, 1.165) is 12.8 Å². The average Bonchev–Trinajstić information content (AvgIpc) is 2.96. The van der Waals surface area contributed by atoms with Gasteiger partial charge in [0, 0.05) is 19.1 Å². The molecular formula is C15H24N2O5. The minimum Gasteiger partial charge on any atom is -0.481 e. The van der Waals surface area contributed by atoms with Gasteiger partial charge in [0.1, 0.15) is 0 Å². The number of aliphatic carboxylic acids is 1. The fourth-order valence-electron chi connectivity index (χ4n) is 3.22. The molecular weight excluding hydrogens is 288 g/mol. The molecule has 3 atom stereocenters. The lowest BCUT2D eigenvalue weighted by atomic mass is 9.99. The number of nitrogens with one attached hydrogen (secondary N) is 1. The molecule has 7 heteroatoms. The number of esters is 1. The largest absolute Gasteiger partial charge is 0.481 e. The lowest BCUT2D eigenvalue weighted by Gasteiger charge is -2.31. The molecule has 7 nitrogen and oxygen atoms in total. The second kappa shape index (κ2) is 7.47. The number of carbonyl (C=O) groups is 3. The second-order valence-corrected chi connectivity index (χ2v) is 6.03. The van der Waals surface area contributed by atoms with E-state index in [-0.39, 0.29) is 30.5 Å². The summed E-state index contributed by atoms with van der Waals surface area (Å²) in [6, 6.07) is -0.257. The van der Waals surface area contributed by atoms with Crippen LogP contribution >= 0.6 is 0 Å². The third kappa shape index (κ3) is 4.11. The Hall–Kier alpha value is -1.79. The topological polar surface area (TPSA) is 95.9 Å². The molecule has 0 spiro atoms. The maximum Gasteiger partial charge on any atom is 0.317 e. The summed E-state index contributed by atoms with van der Waals surface area (Å²) in [5.74, 6) is -1.65.